The summed E-state index contributed by atoms with van der Waals surface area (Å²) in [4.78, 5) is 14.2. The number of hydrogen-bond acceptors (Lipinski definition) is 5. The molecule has 1 amide bonds. The quantitative estimate of drug-likeness (QED) is 0.663. The van der Waals surface area contributed by atoms with E-state index in [9.17, 15) is 4.79 Å². The summed E-state index contributed by atoms with van der Waals surface area (Å²) in [5.74, 6) is 2.85. The number of benzene rings is 1. The molecule has 2 saturated carbocycles. The number of amides is 1. The number of rotatable bonds is 9. The van der Waals surface area contributed by atoms with E-state index in [2.05, 4.69) is 16.3 Å². The Kier molecular flexibility index (Phi) is 6.73. The average molecular weight is 403 g/mol. The summed E-state index contributed by atoms with van der Waals surface area (Å²) < 4.78 is 12.0. The van der Waals surface area contributed by atoms with Gasteiger partial charge in [-0.05, 0) is 49.5 Å². The van der Waals surface area contributed by atoms with Crippen molar-refractivity contribution in [3.8, 4) is 5.75 Å². The Morgan fingerprint density at radius 2 is 1.97 bits per heavy atom. The number of aliphatic hydroxyl groups excluding tert-OH is 1. The standard InChI is InChI=1S/C23H34N2O4/c1-16(27)24-21-10-19-13-25(12-18-4-2-3-5-22(18)28-9-8-26)14-20(19)11-23(21)29-15-17-6-7-17/h2-5,17,19-21,23,26H,6-15H2,1H3,(H,24,27)/t19-,20+,21-,23-/m1/s1. The highest BCUT2D eigenvalue weighted by Gasteiger charge is 2.43. The first-order valence-electron chi connectivity index (χ1n) is 11.0. The fourth-order valence-electron chi connectivity index (χ4n) is 4.95. The molecule has 2 N–H and O–H groups in total. The summed E-state index contributed by atoms with van der Waals surface area (Å²) >= 11 is 0. The smallest absolute Gasteiger partial charge is 0.217 e. The molecule has 160 valence electrons. The second-order valence-electron chi connectivity index (χ2n) is 8.99. The molecular weight excluding hydrogens is 368 g/mol. The number of ether oxygens (including phenoxy) is 2. The fourth-order valence-corrected chi connectivity index (χ4v) is 4.95. The highest BCUT2D eigenvalue weighted by Crippen LogP contribution is 2.39. The summed E-state index contributed by atoms with van der Waals surface area (Å²) in [5.41, 5.74) is 1.17. The first kappa shape index (κ1) is 20.6. The van der Waals surface area contributed by atoms with Gasteiger partial charge in [0.1, 0.15) is 12.4 Å². The topological polar surface area (TPSA) is 71.0 Å². The van der Waals surface area contributed by atoms with Crippen molar-refractivity contribution < 1.29 is 19.4 Å². The third-order valence-electron chi connectivity index (χ3n) is 6.54. The van der Waals surface area contributed by atoms with Crippen LogP contribution in [0, 0.1) is 17.8 Å². The van der Waals surface area contributed by atoms with Crippen LogP contribution in [0.25, 0.3) is 0 Å². The minimum Gasteiger partial charge on any atom is -0.491 e. The van der Waals surface area contributed by atoms with Crippen LogP contribution in [-0.2, 0) is 16.1 Å². The van der Waals surface area contributed by atoms with E-state index >= 15 is 0 Å². The largest absolute Gasteiger partial charge is 0.491 e. The number of para-hydroxylation sites is 1. The predicted molar refractivity (Wildman–Crippen MR) is 111 cm³/mol. The maximum Gasteiger partial charge on any atom is 0.217 e. The van der Waals surface area contributed by atoms with E-state index in [1.807, 2.05) is 18.2 Å². The lowest BCUT2D eigenvalue weighted by Crippen LogP contribution is -2.50. The Morgan fingerprint density at radius 1 is 1.21 bits per heavy atom. The number of nitrogens with one attached hydrogen (secondary N) is 1. The highest BCUT2D eigenvalue weighted by molar-refractivity contribution is 5.73. The van der Waals surface area contributed by atoms with Crippen LogP contribution in [0.1, 0.15) is 38.2 Å². The SMILES string of the molecule is CC(=O)N[C@@H]1C[C@@H]2CN(Cc3ccccc3OCCO)C[C@@H]2C[C@H]1OCC1CC1. The number of carbonyl (C=O) groups excluding carboxylic acids is 1. The third kappa shape index (κ3) is 5.50. The molecule has 6 heteroatoms. The van der Waals surface area contributed by atoms with E-state index in [-0.39, 0.29) is 24.7 Å². The molecule has 1 aromatic carbocycles. The Hall–Kier alpha value is -1.63. The highest BCUT2D eigenvalue weighted by atomic mass is 16.5. The lowest BCUT2D eigenvalue weighted by Gasteiger charge is -2.38. The second kappa shape index (κ2) is 9.45. The van der Waals surface area contributed by atoms with E-state index < -0.39 is 0 Å². The van der Waals surface area contributed by atoms with E-state index in [0.29, 0.717) is 18.4 Å². The van der Waals surface area contributed by atoms with Gasteiger partial charge in [0.05, 0.1) is 18.8 Å². The summed E-state index contributed by atoms with van der Waals surface area (Å²) in [6.45, 7) is 5.76. The van der Waals surface area contributed by atoms with Crippen LogP contribution in [0.4, 0.5) is 0 Å². The molecule has 1 saturated heterocycles. The lowest BCUT2D eigenvalue weighted by molar-refractivity contribution is -0.122. The Bertz CT molecular complexity index is 693. The van der Waals surface area contributed by atoms with Crippen molar-refractivity contribution in [3.05, 3.63) is 29.8 Å². The molecule has 0 aromatic heterocycles. The summed E-state index contributed by atoms with van der Waals surface area (Å²) in [6.07, 6.45) is 4.74. The summed E-state index contributed by atoms with van der Waals surface area (Å²) in [7, 11) is 0. The van der Waals surface area contributed by atoms with Crippen LogP contribution in [0.2, 0.25) is 0 Å². The van der Waals surface area contributed by atoms with Crippen molar-refractivity contribution in [1.82, 2.24) is 10.2 Å². The number of carbonyl (C=O) groups is 1. The number of aliphatic hydroxyl groups is 1. The summed E-state index contributed by atoms with van der Waals surface area (Å²) in [6, 6.07) is 8.23. The second-order valence-corrected chi connectivity index (χ2v) is 8.99. The zero-order valence-electron chi connectivity index (χ0n) is 17.4. The van der Waals surface area contributed by atoms with Gasteiger partial charge in [-0.2, -0.15) is 0 Å². The van der Waals surface area contributed by atoms with Gasteiger partial charge >= 0.3 is 0 Å². The monoisotopic (exact) mass is 402 g/mol. The normalized spacial score (nSPS) is 29.4. The first-order chi connectivity index (χ1) is 14.1. The molecule has 0 bridgehead atoms. The molecule has 29 heavy (non-hydrogen) atoms. The van der Waals surface area contributed by atoms with E-state index in [4.69, 9.17) is 14.6 Å². The Balaban J connectivity index is 1.37. The Morgan fingerprint density at radius 3 is 2.69 bits per heavy atom. The molecule has 1 aliphatic heterocycles. The van der Waals surface area contributed by atoms with E-state index in [0.717, 1.165) is 50.8 Å². The van der Waals surface area contributed by atoms with Gasteiger partial charge in [0, 0.05) is 38.7 Å². The molecule has 0 spiro atoms. The van der Waals surface area contributed by atoms with Crippen molar-refractivity contribution in [2.24, 2.45) is 17.8 Å². The van der Waals surface area contributed by atoms with Crippen molar-refractivity contribution in [2.75, 3.05) is 32.9 Å². The Labute approximate surface area is 173 Å². The minimum absolute atomic E-state index is 0.0228. The molecule has 1 aromatic rings. The van der Waals surface area contributed by atoms with Crippen LogP contribution in [0.3, 0.4) is 0 Å². The lowest BCUT2D eigenvalue weighted by atomic mass is 9.77. The van der Waals surface area contributed by atoms with Crippen molar-refractivity contribution in [2.45, 2.75) is 51.3 Å². The van der Waals surface area contributed by atoms with Crippen LogP contribution in [-0.4, -0.2) is 61.0 Å². The third-order valence-corrected chi connectivity index (χ3v) is 6.54. The van der Waals surface area contributed by atoms with Gasteiger partial charge < -0.3 is 19.9 Å². The maximum atomic E-state index is 11.7. The molecule has 3 aliphatic rings. The molecule has 4 atom stereocenters. The zero-order valence-corrected chi connectivity index (χ0v) is 17.4. The van der Waals surface area contributed by atoms with Gasteiger partial charge in [-0.25, -0.2) is 0 Å². The van der Waals surface area contributed by atoms with Gasteiger partial charge in [0.25, 0.3) is 0 Å². The van der Waals surface area contributed by atoms with Gasteiger partial charge in [0.15, 0.2) is 0 Å². The van der Waals surface area contributed by atoms with Crippen LogP contribution in [0.15, 0.2) is 24.3 Å². The van der Waals surface area contributed by atoms with Crippen LogP contribution in [0.5, 0.6) is 5.75 Å². The molecule has 6 nitrogen and oxygen atoms in total. The molecule has 3 fully saturated rings. The predicted octanol–water partition coefficient (Wildman–Crippen LogP) is 2.20. The van der Waals surface area contributed by atoms with Crippen molar-refractivity contribution >= 4 is 5.91 Å². The van der Waals surface area contributed by atoms with Gasteiger partial charge in [0.2, 0.25) is 5.91 Å². The first-order valence-corrected chi connectivity index (χ1v) is 11.0. The van der Waals surface area contributed by atoms with Gasteiger partial charge in [-0.15, -0.1) is 0 Å². The summed E-state index contributed by atoms with van der Waals surface area (Å²) in [5, 5.41) is 12.2. The van der Waals surface area contributed by atoms with Crippen molar-refractivity contribution in [3.63, 3.8) is 0 Å². The molecular formula is C23H34N2O4. The van der Waals surface area contributed by atoms with Crippen LogP contribution >= 0.6 is 0 Å². The van der Waals surface area contributed by atoms with E-state index in [1.54, 1.807) is 6.92 Å². The van der Waals surface area contributed by atoms with E-state index in [1.165, 1.54) is 18.4 Å². The van der Waals surface area contributed by atoms with Crippen LogP contribution < -0.4 is 10.1 Å². The molecule has 4 rings (SSSR count). The molecule has 1 heterocycles. The van der Waals surface area contributed by atoms with Gasteiger partial charge in [-0.1, -0.05) is 18.2 Å². The van der Waals surface area contributed by atoms with Gasteiger partial charge in [-0.3, -0.25) is 9.69 Å². The zero-order chi connectivity index (χ0) is 20.2. The number of hydrogen-bond donors (Lipinski definition) is 2. The molecule has 2 aliphatic carbocycles. The maximum absolute atomic E-state index is 11.7. The van der Waals surface area contributed by atoms with Crippen molar-refractivity contribution in [1.29, 1.82) is 0 Å². The number of nitrogens with zero attached hydrogens (tertiary/aromatic N) is 1. The molecule has 0 unspecified atom stereocenters. The fraction of sp³-hybridized carbons (Fsp3) is 0.696. The average Bonchev–Trinajstić information content (AvgIpc) is 3.44. The minimum atomic E-state index is 0.0228. The number of likely N-dealkylation sites (tertiary alicyclic amines) is 1. The molecule has 0 radical (unpaired) electrons. The number of fused-ring (bicyclic) bond motifs is 1.